The van der Waals surface area contributed by atoms with Crippen LogP contribution in [0.4, 0.5) is 0 Å². The predicted octanol–water partition coefficient (Wildman–Crippen LogP) is 2.61. The highest BCUT2D eigenvalue weighted by molar-refractivity contribution is 9.09. The maximum atomic E-state index is 4.47. The number of pyridine rings is 1. The molecule has 3 heteroatoms. The first-order chi connectivity index (χ1) is 6.72. The lowest BCUT2D eigenvalue weighted by Crippen LogP contribution is -2.20. The molecule has 0 unspecified atom stereocenters. The average molecular weight is 257 g/mol. The highest BCUT2D eigenvalue weighted by Gasteiger charge is 2.00. The van der Waals surface area contributed by atoms with Gasteiger partial charge in [0.2, 0.25) is 0 Å². The van der Waals surface area contributed by atoms with Gasteiger partial charge in [0.1, 0.15) is 0 Å². The summed E-state index contributed by atoms with van der Waals surface area (Å²) in [7, 11) is 2.13. The largest absolute Gasteiger partial charge is 0.301 e. The van der Waals surface area contributed by atoms with Crippen molar-refractivity contribution in [3.8, 4) is 0 Å². The second-order valence-electron chi connectivity index (χ2n) is 3.55. The van der Waals surface area contributed by atoms with Crippen LogP contribution in [0.2, 0.25) is 0 Å². The zero-order chi connectivity index (χ0) is 10.4. The highest BCUT2D eigenvalue weighted by Crippen LogP contribution is 2.02. The molecule has 0 aliphatic heterocycles. The fourth-order valence-electron chi connectivity index (χ4n) is 1.37. The van der Waals surface area contributed by atoms with Gasteiger partial charge in [0, 0.05) is 17.6 Å². The van der Waals surface area contributed by atoms with Crippen molar-refractivity contribution in [2.45, 2.75) is 19.9 Å². The highest BCUT2D eigenvalue weighted by atomic mass is 79.9. The lowest BCUT2D eigenvalue weighted by Gasteiger charge is -2.15. The Labute approximate surface area is 94.5 Å². The number of nitrogens with zero attached hydrogens (tertiary/aromatic N) is 2. The lowest BCUT2D eigenvalue weighted by atomic mass is 10.3. The first kappa shape index (κ1) is 11.7. The SMILES string of the molecule is Cc1cccc(CN(C)CCCBr)n1. The molecule has 0 fully saturated rings. The van der Waals surface area contributed by atoms with Crippen LogP contribution in [0, 0.1) is 6.92 Å². The van der Waals surface area contributed by atoms with Gasteiger partial charge >= 0.3 is 0 Å². The monoisotopic (exact) mass is 256 g/mol. The van der Waals surface area contributed by atoms with Gasteiger partial charge in [-0.25, -0.2) is 0 Å². The molecule has 0 radical (unpaired) electrons. The normalized spacial score (nSPS) is 10.9. The van der Waals surface area contributed by atoms with E-state index in [1.54, 1.807) is 0 Å². The molecule has 0 bridgehead atoms. The van der Waals surface area contributed by atoms with Crippen molar-refractivity contribution in [3.63, 3.8) is 0 Å². The fraction of sp³-hybridized carbons (Fsp3) is 0.545. The van der Waals surface area contributed by atoms with E-state index in [1.165, 1.54) is 6.42 Å². The maximum absolute atomic E-state index is 4.47. The molecular formula is C11H17BrN2. The Kier molecular flexibility index (Phi) is 5.12. The van der Waals surface area contributed by atoms with E-state index in [0.717, 1.165) is 29.8 Å². The molecule has 0 saturated carbocycles. The lowest BCUT2D eigenvalue weighted by molar-refractivity contribution is 0.324. The molecule has 1 rings (SSSR count). The number of hydrogen-bond acceptors (Lipinski definition) is 2. The van der Waals surface area contributed by atoms with E-state index >= 15 is 0 Å². The molecule has 0 aromatic carbocycles. The van der Waals surface area contributed by atoms with E-state index in [0.29, 0.717) is 0 Å². The second kappa shape index (κ2) is 6.14. The maximum Gasteiger partial charge on any atom is 0.0547 e. The molecule has 2 nitrogen and oxygen atoms in total. The average Bonchev–Trinajstić information content (AvgIpc) is 2.15. The molecule has 0 atom stereocenters. The number of halogens is 1. The smallest absolute Gasteiger partial charge is 0.0547 e. The Hall–Kier alpha value is -0.410. The molecule has 0 amide bonds. The molecule has 1 aromatic heterocycles. The summed E-state index contributed by atoms with van der Waals surface area (Å²) in [4.78, 5) is 6.76. The van der Waals surface area contributed by atoms with Crippen molar-refractivity contribution in [2.75, 3.05) is 18.9 Å². The Morgan fingerprint density at radius 1 is 1.43 bits per heavy atom. The zero-order valence-corrected chi connectivity index (χ0v) is 10.4. The van der Waals surface area contributed by atoms with Gasteiger partial charge in [-0.05, 0) is 39.1 Å². The van der Waals surface area contributed by atoms with E-state index in [4.69, 9.17) is 0 Å². The number of alkyl halides is 1. The Balaban J connectivity index is 2.43. The molecule has 1 heterocycles. The van der Waals surface area contributed by atoms with Gasteiger partial charge in [-0.2, -0.15) is 0 Å². The van der Waals surface area contributed by atoms with Crippen LogP contribution in [0.25, 0.3) is 0 Å². The van der Waals surface area contributed by atoms with Crippen molar-refractivity contribution in [1.29, 1.82) is 0 Å². The summed E-state index contributed by atoms with van der Waals surface area (Å²) >= 11 is 3.43. The van der Waals surface area contributed by atoms with Crippen LogP contribution in [-0.4, -0.2) is 28.8 Å². The summed E-state index contributed by atoms with van der Waals surface area (Å²) in [6.07, 6.45) is 1.18. The first-order valence-corrected chi connectivity index (χ1v) is 6.01. The van der Waals surface area contributed by atoms with Gasteiger partial charge in [-0.3, -0.25) is 4.98 Å². The molecule has 0 spiro atoms. The Bertz CT molecular complexity index is 276. The van der Waals surface area contributed by atoms with Crippen molar-refractivity contribution >= 4 is 15.9 Å². The molecule has 0 N–H and O–H groups in total. The predicted molar refractivity (Wildman–Crippen MR) is 63.7 cm³/mol. The number of rotatable bonds is 5. The van der Waals surface area contributed by atoms with Crippen LogP contribution in [0.15, 0.2) is 18.2 Å². The number of aryl methyl sites for hydroxylation is 1. The van der Waals surface area contributed by atoms with Gasteiger partial charge in [-0.1, -0.05) is 22.0 Å². The third kappa shape index (κ3) is 4.20. The summed E-state index contributed by atoms with van der Waals surface area (Å²) in [6.45, 7) is 4.08. The molecular weight excluding hydrogens is 240 g/mol. The van der Waals surface area contributed by atoms with E-state index in [-0.39, 0.29) is 0 Å². The minimum atomic E-state index is 0.939. The summed E-state index contributed by atoms with van der Waals surface area (Å²) in [5.41, 5.74) is 2.25. The summed E-state index contributed by atoms with van der Waals surface area (Å²) in [5, 5.41) is 1.07. The molecule has 0 aliphatic rings. The van der Waals surface area contributed by atoms with Crippen molar-refractivity contribution in [1.82, 2.24) is 9.88 Å². The third-order valence-corrected chi connectivity index (χ3v) is 2.61. The molecule has 0 saturated heterocycles. The Morgan fingerprint density at radius 3 is 2.86 bits per heavy atom. The fourth-order valence-corrected chi connectivity index (χ4v) is 1.62. The van der Waals surface area contributed by atoms with Gasteiger partial charge in [-0.15, -0.1) is 0 Å². The van der Waals surface area contributed by atoms with Gasteiger partial charge in [0.25, 0.3) is 0 Å². The molecule has 0 aliphatic carbocycles. The zero-order valence-electron chi connectivity index (χ0n) is 8.83. The van der Waals surface area contributed by atoms with E-state index in [1.807, 2.05) is 13.0 Å². The standard InChI is InChI=1S/C11H17BrN2/c1-10-5-3-6-11(13-10)9-14(2)8-4-7-12/h3,5-6H,4,7-9H2,1-2H3. The topological polar surface area (TPSA) is 16.1 Å². The van der Waals surface area contributed by atoms with Crippen LogP contribution in [0.5, 0.6) is 0 Å². The minimum Gasteiger partial charge on any atom is -0.301 e. The van der Waals surface area contributed by atoms with Gasteiger partial charge in [0.05, 0.1) is 5.69 Å². The molecule has 14 heavy (non-hydrogen) atoms. The minimum absolute atomic E-state index is 0.939. The van der Waals surface area contributed by atoms with Crippen LogP contribution in [0.3, 0.4) is 0 Å². The van der Waals surface area contributed by atoms with Crippen LogP contribution >= 0.6 is 15.9 Å². The van der Waals surface area contributed by atoms with Crippen molar-refractivity contribution < 1.29 is 0 Å². The van der Waals surface area contributed by atoms with Crippen LogP contribution < -0.4 is 0 Å². The van der Waals surface area contributed by atoms with E-state index in [2.05, 4.69) is 45.0 Å². The van der Waals surface area contributed by atoms with E-state index < -0.39 is 0 Å². The van der Waals surface area contributed by atoms with Gasteiger partial charge in [0.15, 0.2) is 0 Å². The molecule has 1 aromatic rings. The summed E-state index contributed by atoms with van der Waals surface area (Å²) < 4.78 is 0. The Morgan fingerprint density at radius 2 is 2.21 bits per heavy atom. The molecule has 78 valence electrons. The van der Waals surface area contributed by atoms with E-state index in [9.17, 15) is 0 Å². The third-order valence-electron chi connectivity index (χ3n) is 2.05. The summed E-state index contributed by atoms with van der Waals surface area (Å²) in [5.74, 6) is 0. The van der Waals surface area contributed by atoms with Crippen LogP contribution in [-0.2, 0) is 6.54 Å². The second-order valence-corrected chi connectivity index (χ2v) is 4.34. The first-order valence-electron chi connectivity index (χ1n) is 4.89. The number of hydrogen-bond donors (Lipinski definition) is 0. The number of aromatic nitrogens is 1. The van der Waals surface area contributed by atoms with Gasteiger partial charge < -0.3 is 4.90 Å². The quantitative estimate of drug-likeness (QED) is 0.754. The van der Waals surface area contributed by atoms with Crippen molar-refractivity contribution in [3.05, 3.63) is 29.6 Å². The summed E-state index contributed by atoms with van der Waals surface area (Å²) in [6, 6.07) is 6.18. The van der Waals surface area contributed by atoms with Crippen molar-refractivity contribution in [2.24, 2.45) is 0 Å². The van der Waals surface area contributed by atoms with Crippen LogP contribution in [0.1, 0.15) is 17.8 Å².